The molecule has 6 heteroatoms. The topological polar surface area (TPSA) is 78.9 Å². The minimum Gasteiger partial charge on any atom is -0.462 e. The molecule has 0 fully saturated rings. The molecule has 6 nitrogen and oxygen atoms in total. The Morgan fingerprint density at radius 2 is 0.632 bits per heavy atom. The van der Waals surface area contributed by atoms with E-state index in [4.69, 9.17) is 14.2 Å². The first-order valence-corrected chi connectivity index (χ1v) is 24.5. The highest BCUT2D eigenvalue weighted by Gasteiger charge is 2.19. The molecule has 0 saturated heterocycles. The highest BCUT2D eigenvalue weighted by Crippen LogP contribution is 2.14. The second kappa shape index (κ2) is 46.3. The molecule has 0 amide bonds. The zero-order valence-corrected chi connectivity index (χ0v) is 37.9. The van der Waals surface area contributed by atoms with E-state index < -0.39 is 6.10 Å². The molecule has 0 rings (SSSR count). The van der Waals surface area contributed by atoms with Gasteiger partial charge in [-0.25, -0.2) is 0 Å². The van der Waals surface area contributed by atoms with Crippen LogP contribution in [-0.4, -0.2) is 37.2 Å². The Hall–Kier alpha value is -2.37. The molecule has 0 aromatic rings. The number of hydrogen-bond donors (Lipinski definition) is 0. The average molecular weight is 801 g/mol. The van der Waals surface area contributed by atoms with Crippen LogP contribution < -0.4 is 0 Å². The lowest BCUT2D eigenvalue weighted by Crippen LogP contribution is -2.30. The van der Waals surface area contributed by atoms with Gasteiger partial charge in [-0.15, -0.1) is 0 Å². The van der Waals surface area contributed by atoms with E-state index in [0.717, 1.165) is 83.5 Å². The fourth-order valence-electron chi connectivity index (χ4n) is 6.88. The number of carbonyl (C=O) groups excluding carboxylic acids is 3. The second-order valence-electron chi connectivity index (χ2n) is 16.4. The molecular formula is C51H92O6. The van der Waals surface area contributed by atoms with Gasteiger partial charge in [0, 0.05) is 19.3 Å². The van der Waals surface area contributed by atoms with E-state index in [1.807, 2.05) is 0 Å². The van der Waals surface area contributed by atoms with Crippen LogP contribution in [0.1, 0.15) is 252 Å². The monoisotopic (exact) mass is 801 g/mol. The molecule has 0 N–H and O–H groups in total. The molecule has 0 aliphatic heterocycles. The normalized spacial score (nSPS) is 12.3. The Kier molecular flexibility index (Phi) is 44.4. The van der Waals surface area contributed by atoms with Crippen molar-refractivity contribution in [1.29, 1.82) is 0 Å². The van der Waals surface area contributed by atoms with Gasteiger partial charge in [0.2, 0.25) is 0 Å². The van der Waals surface area contributed by atoms with Crippen LogP contribution in [0.2, 0.25) is 0 Å². The van der Waals surface area contributed by atoms with Crippen molar-refractivity contribution in [2.45, 2.75) is 258 Å². The first-order chi connectivity index (χ1) is 28.0. The lowest BCUT2D eigenvalue weighted by Gasteiger charge is -2.18. The molecule has 0 aliphatic rings. The number of carbonyl (C=O) groups is 3. The van der Waals surface area contributed by atoms with Gasteiger partial charge >= 0.3 is 17.9 Å². The van der Waals surface area contributed by atoms with Crippen LogP contribution in [0.3, 0.4) is 0 Å². The van der Waals surface area contributed by atoms with E-state index in [9.17, 15) is 14.4 Å². The fraction of sp³-hybridized carbons (Fsp3) is 0.824. The molecule has 0 spiro atoms. The lowest BCUT2D eigenvalue weighted by molar-refractivity contribution is -0.167. The van der Waals surface area contributed by atoms with Crippen LogP contribution in [0, 0.1) is 0 Å². The van der Waals surface area contributed by atoms with E-state index >= 15 is 0 Å². The summed E-state index contributed by atoms with van der Waals surface area (Å²) in [6, 6.07) is 0. The summed E-state index contributed by atoms with van der Waals surface area (Å²) < 4.78 is 16.7. The van der Waals surface area contributed by atoms with E-state index in [1.54, 1.807) is 0 Å². The molecule has 0 bridgehead atoms. The molecule has 0 aliphatic carbocycles. The third-order valence-corrected chi connectivity index (χ3v) is 10.6. The van der Waals surface area contributed by atoms with Gasteiger partial charge in [0.05, 0.1) is 0 Å². The standard InChI is InChI=1S/C51H92O6/c1-4-7-10-13-16-19-22-24-25-27-30-32-35-38-41-44-50(53)56-47-48(57-51(54)45-42-39-36-33-28-21-18-15-12-9-6-3)46-55-49(52)43-40-37-34-31-29-26-23-20-17-14-11-8-5-2/h16,19-20,23-25,48H,4-15,17-18,21-22,26-47H2,1-3H3/b19-16-,23-20-,25-24-/t48-/m1/s1. The maximum Gasteiger partial charge on any atom is 0.306 e. The molecular weight excluding hydrogens is 709 g/mol. The van der Waals surface area contributed by atoms with Crippen molar-refractivity contribution < 1.29 is 28.6 Å². The molecule has 57 heavy (non-hydrogen) atoms. The summed E-state index contributed by atoms with van der Waals surface area (Å²) in [4.78, 5) is 37.8. The smallest absolute Gasteiger partial charge is 0.306 e. The summed E-state index contributed by atoms with van der Waals surface area (Å²) >= 11 is 0. The van der Waals surface area contributed by atoms with Crippen LogP contribution in [0.5, 0.6) is 0 Å². The van der Waals surface area contributed by atoms with Gasteiger partial charge in [0.15, 0.2) is 6.10 Å². The number of ether oxygens (including phenoxy) is 3. The quantitative estimate of drug-likeness (QED) is 0.0264. The Morgan fingerprint density at radius 1 is 0.351 bits per heavy atom. The minimum atomic E-state index is -0.776. The first-order valence-electron chi connectivity index (χ1n) is 24.5. The van der Waals surface area contributed by atoms with Crippen molar-refractivity contribution in [2.24, 2.45) is 0 Å². The van der Waals surface area contributed by atoms with Crippen LogP contribution >= 0.6 is 0 Å². The molecule has 332 valence electrons. The molecule has 0 heterocycles. The number of hydrogen-bond acceptors (Lipinski definition) is 6. The molecule has 0 radical (unpaired) electrons. The zero-order valence-electron chi connectivity index (χ0n) is 37.9. The van der Waals surface area contributed by atoms with Crippen LogP contribution in [0.4, 0.5) is 0 Å². The number of allylic oxidation sites excluding steroid dienone is 6. The molecule has 0 aromatic heterocycles. The maximum absolute atomic E-state index is 12.7. The zero-order chi connectivity index (χ0) is 41.5. The summed E-state index contributed by atoms with van der Waals surface area (Å²) in [6.45, 7) is 6.58. The maximum atomic E-state index is 12.7. The highest BCUT2D eigenvalue weighted by atomic mass is 16.6. The van der Waals surface area contributed by atoms with E-state index in [2.05, 4.69) is 57.2 Å². The van der Waals surface area contributed by atoms with Gasteiger partial charge in [-0.1, -0.05) is 192 Å². The molecule has 0 unspecified atom stereocenters. The average Bonchev–Trinajstić information content (AvgIpc) is 3.21. The number of esters is 3. The number of unbranched alkanes of at least 4 members (excludes halogenated alkanes) is 27. The lowest BCUT2D eigenvalue weighted by atomic mass is 10.1. The molecule has 0 saturated carbocycles. The second-order valence-corrected chi connectivity index (χ2v) is 16.4. The van der Waals surface area contributed by atoms with Gasteiger partial charge in [-0.05, 0) is 77.0 Å². The minimum absolute atomic E-state index is 0.0788. The van der Waals surface area contributed by atoms with Gasteiger partial charge in [-0.2, -0.15) is 0 Å². The van der Waals surface area contributed by atoms with E-state index in [1.165, 1.54) is 128 Å². The predicted octanol–water partition coefficient (Wildman–Crippen LogP) is 15.8. The summed E-state index contributed by atoms with van der Waals surface area (Å²) in [7, 11) is 0. The van der Waals surface area contributed by atoms with Gasteiger partial charge in [0.25, 0.3) is 0 Å². The highest BCUT2D eigenvalue weighted by molar-refractivity contribution is 5.71. The molecule has 0 aromatic carbocycles. The van der Waals surface area contributed by atoms with Crippen molar-refractivity contribution >= 4 is 17.9 Å². The van der Waals surface area contributed by atoms with Gasteiger partial charge in [0.1, 0.15) is 13.2 Å². The van der Waals surface area contributed by atoms with Crippen molar-refractivity contribution in [3.05, 3.63) is 36.5 Å². The van der Waals surface area contributed by atoms with Gasteiger partial charge < -0.3 is 14.2 Å². The summed E-state index contributed by atoms with van der Waals surface area (Å²) in [5.74, 6) is -0.896. The van der Waals surface area contributed by atoms with Crippen LogP contribution in [-0.2, 0) is 28.6 Å². The first kappa shape index (κ1) is 54.6. The van der Waals surface area contributed by atoms with Crippen molar-refractivity contribution in [2.75, 3.05) is 13.2 Å². The SMILES string of the molecule is CCCCC/C=C\C/C=C\CCCCCCCC(=O)OC[C@@H](COC(=O)CCCCCCC/C=C\CCCCCC)OC(=O)CCCCCCCCCCCCC. The van der Waals surface area contributed by atoms with Crippen molar-refractivity contribution in [1.82, 2.24) is 0 Å². The number of rotatable bonds is 44. The molecule has 1 atom stereocenters. The summed E-state index contributed by atoms with van der Waals surface area (Å²) in [5.41, 5.74) is 0. The Bertz CT molecular complexity index is 969. The van der Waals surface area contributed by atoms with Crippen molar-refractivity contribution in [3.8, 4) is 0 Å². The van der Waals surface area contributed by atoms with Crippen LogP contribution in [0.25, 0.3) is 0 Å². The third kappa shape index (κ3) is 44.6. The Morgan fingerprint density at radius 3 is 1.04 bits per heavy atom. The Labute approximate surface area is 353 Å². The summed E-state index contributed by atoms with van der Waals surface area (Å²) in [5, 5.41) is 0. The summed E-state index contributed by atoms with van der Waals surface area (Å²) in [6.07, 6.45) is 52.6. The predicted molar refractivity (Wildman–Crippen MR) is 242 cm³/mol. The van der Waals surface area contributed by atoms with Crippen molar-refractivity contribution in [3.63, 3.8) is 0 Å². The van der Waals surface area contributed by atoms with Crippen LogP contribution in [0.15, 0.2) is 36.5 Å². The van der Waals surface area contributed by atoms with E-state index in [0.29, 0.717) is 19.3 Å². The van der Waals surface area contributed by atoms with E-state index in [-0.39, 0.29) is 31.1 Å². The van der Waals surface area contributed by atoms with Gasteiger partial charge in [-0.3, -0.25) is 14.4 Å². The largest absolute Gasteiger partial charge is 0.462 e. The third-order valence-electron chi connectivity index (χ3n) is 10.6. The Balaban J connectivity index is 4.38. The fourth-order valence-corrected chi connectivity index (χ4v) is 6.88.